The minimum Gasteiger partial charge on any atom is -0.487 e. The van der Waals surface area contributed by atoms with Gasteiger partial charge >= 0.3 is 5.97 Å². The summed E-state index contributed by atoms with van der Waals surface area (Å²) in [5.74, 6) is -0.309. The van der Waals surface area contributed by atoms with Crippen LogP contribution in [0, 0.1) is 0 Å². The van der Waals surface area contributed by atoms with Crippen molar-refractivity contribution in [3.05, 3.63) is 56.7 Å². The summed E-state index contributed by atoms with van der Waals surface area (Å²) in [5, 5.41) is 10.6. The van der Waals surface area contributed by atoms with E-state index in [1.54, 1.807) is 11.3 Å². The number of halogens is 1. The van der Waals surface area contributed by atoms with E-state index in [2.05, 4.69) is 15.9 Å². The summed E-state index contributed by atoms with van der Waals surface area (Å²) in [6.07, 6.45) is 2.63. The van der Waals surface area contributed by atoms with Gasteiger partial charge in [-0.25, -0.2) is 4.79 Å². The predicted octanol–water partition coefficient (Wildman–Crippen LogP) is 4.19. The molecular formula is C14H11BrO3S. The van der Waals surface area contributed by atoms with E-state index in [9.17, 15) is 4.79 Å². The van der Waals surface area contributed by atoms with E-state index in [0.717, 1.165) is 21.0 Å². The zero-order chi connectivity index (χ0) is 13.7. The lowest BCUT2D eigenvalue weighted by Gasteiger charge is -2.08. The first kappa shape index (κ1) is 13.8. The highest BCUT2D eigenvalue weighted by Crippen LogP contribution is 2.26. The molecular weight excluding hydrogens is 328 g/mol. The SMILES string of the molecule is O=C(O)C=Cc1ccccc1OCc1sccc1Br. The van der Waals surface area contributed by atoms with Crippen LogP contribution in [0.3, 0.4) is 0 Å². The molecule has 3 nitrogen and oxygen atoms in total. The van der Waals surface area contributed by atoms with Crippen LogP contribution in [-0.4, -0.2) is 11.1 Å². The molecule has 0 fully saturated rings. The number of hydrogen-bond donors (Lipinski definition) is 1. The number of rotatable bonds is 5. The molecule has 19 heavy (non-hydrogen) atoms. The Labute approximate surface area is 123 Å². The average molecular weight is 339 g/mol. The van der Waals surface area contributed by atoms with E-state index in [-0.39, 0.29) is 0 Å². The molecule has 1 aromatic carbocycles. The summed E-state index contributed by atoms with van der Waals surface area (Å²) >= 11 is 5.06. The summed E-state index contributed by atoms with van der Waals surface area (Å²) in [7, 11) is 0. The molecule has 1 heterocycles. The summed E-state index contributed by atoms with van der Waals surface area (Å²) in [4.78, 5) is 11.6. The van der Waals surface area contributed by atoms with E-state index < -0.39 is 5.97 Å². The molecule has 2 rings (SSSR count). The third kappa shape index (κ3) is 3.94. The van der Waals surface area contributed by atoms with Crippen molar-refractivity contribution < 1.29 is 14.6 Å². The zero-order valence-electron chi connectivity index (χ0n) is 9.88. The Bertz CT molecular complexity index is 604. The molecule has 1 N–H and O–H groups in total. The van der Waals surface area contributed by atoms with Crippen molar-refractivity contribution in [3.8, 4) is 5.75 Å². The molecule has 0 saturated carbocycles. The van der Waals surface area contributed by atoms with Crippen LogP contribution >= 0.6 is 27.3 Å². The van der Waals surface area contributed by atoms with Crippen LogP contribution in [-0.2, 0) is 11.4 Å². The van der Waals surface area contributed by atoms with Gasteiger partial charge in [0.15, 0.2) is 0 Å². The molecule has 5 heteroatoms. The van der Waals surface area contributed by atoms with E-state index in [1.807, 2.05) is 35.7 Å². The third-order valence-corrected chi connectivity index (χ3v) is 4.27. The third-order valence-electron chi connectivity index (χ3n) is 2.37. The lowest BCUT2D eigenvalue weighted by molar-refractivity contribution is -0.131. The van der Waals surface area contributed by atoms with E-state index in [4.69, 9.17) is 9.84 Å². The van der Waals surface area contributed by atoms with E-state index >= 15 is 0 Å². The monoisotopic (exact) mass is 338 g/mol. The minimum absolute atomic E-state index is 0.455. The first-order chi connectivity index (χ1) is 9.16. The summed E-state index contributed by atoms with van der Waals surface area (Å²) in [6, 6.07) is 9.31. The predicted molar refractivity (Wildman–Crippen MR) is 79.5 cm³/mol. The molecule has 0 unspecified atom stereocenters. The summed E-state index contributed by atoms with van der Waals surface area (Å²) in [6.45, 7) is 0.455. The number of carboxylic acids is 1. The second-order valence-corrected chi connectivity index (χ2v) is 5.54. The molecule has 0 bridgehead atoms. The van der Waals surface area contributed by atoms with Crippen molar-refractivity contribution >= 4 is 39.3 Å². The highest BCUT2D eigenvalue weighted by atomic mass is 79.9. The molecule has 2 aromatic rings. The van der Waals surface area contributed by atoms with Gasteiger partial charge in [-0.2, -0.15) is 0 Å². The first-order valence-corrected chi connectivity index (χ1v) is 7.19. The maximum Gasteiger partial charge on any atom is 0.328 e. The van der Waals surface area contributed by atoms with Crippen LogP contribution in [0.1, 0.15) is 10.4 Å². The van der Waals surface area contributed by atoms with Crippen LogP contribution in [0.5, 0.6) is 5.75 Å². The van der Waals surface area contributed by atoms with Gasteiger partial charge in [0.25, 0.3) is 0 Å². The van der Waals surface area contributed by atoms with Crippen molar-refractivity contribution in [1.29, 1.82) is 0 Å². The van der Waals surface area contributed by atoms with Crippen molar-refractivity contribution in [2.75, 3.05) is 0 Å². The van der Waals surface area contributed by atoms with Crippen molar-refractivity contribution in [2.24, 2.45) is 0 Å². The summed E-state index contributed by atoms with van der Waals surface area (Å²) < 4.78 is 6.76. The number of carboxylic acid groups (broad SMARTS) is 1. The smallest absolute Gasteiger partial charge is 0.328 e. The molecule has 0 spiro atoms. The van der Waals surface area contributed by atoms with Crippen molar-refractivity contribution in [1.82, 2.24) is 0 Å². The van der Waals surface area contributed by atoms with Crippen LogP contribution < -0.4 is 4.74 Å². The maximum atomic E-state index is 10.5. The van der Waals surface area contributed by atoms with Gasteiger partial charge in [0.05, 0.1) is 4.88 Å². The molecule has 0 aliphatic rings. The van der Waals surface area contributed by atoms with Crippen LogP contribution in [0.25, 0.3) is 6.08 Å². The van der Waals surface area contributed by atoms with Gasteiger partial charge in [0.2, 0.25) is 0 Å². The number of benzene rings is 1. The molecule has 0 saturated heterocycles. The number of para-hydroxylation sites is 1. The van der Waals surface area contributed by atoms with Crippen molar-refractivity contribution in [2.45, 2.75) is 6.61 Å². The lowest BCUT2D eigenvalue weighted by atomic mass is 10.2. The van der Waals surface area contributed by atoms with Crippen molar-refractivity contribution in [3.63, 3.8) is 0 Å². The molecule has 0 radical (unpaired) electrons. The molecule has 98 valence electrons. The minimum atomic E-state index is -0.976. The molecule has 0 aliphatic heterocycles. The topological polar surface area (TPSA) is 46.5 Å². The Kier molecular flexibility index (Phi) is 4.76. The number of thiophene rings is 1. The fourth-order valence-corrected chi connectivity index (χ4v) is 2.86. The number of carbonyl (C=O) groups is 1. The van der Waals surface area contributed by atoms with Crippen LogP contribution in [0.15, 0.2) is 46.3 Å². The lowest BCUT2D eigenvalue weighted by Crippen LogP contribution is -1.95. The Morgan fingerprint density at radius 1 is 1.37 bits per heavy atom. The van der Waals surface area contributed by atoms with Gasteiger partial charge in [0.1, 0.15) is 12.4 Å². The fraction of sp³-hybridized carbons (Fsp3) is 0.0714. The van der Waals surface area contributed by atoms with E-state index in [0.29, 0.717) is 12.4 Å². The van der Waals surface area contributed by atoms with Gasteiger partial charge in [-0.05, 0) is 39.5 Å². The Balaban J connectivity index is 2.12. The van der Waals surface area contributed by atoms with Crippen LogP contribution in [0.2, 0.25) is 0 Å². The normalized spacial score (nSPS) is 10.8. The molecule has 0 aliphatic carbocycles. The Morgan fingerprint density at radius 2 is 2.16 bits per heavy atom. The Hall–Kier alpha value is -1.59. The van der Waals surface area contributed by atoms with Gasteiger partial charge in [-0.15, -0.1) is 11.3 Å². The standard InChI is InChI=1S/C14H11BrO3S/c15-11-7-8-19-13(11)9-18-12-4-2-1-3-10(12)5-6-14(16)17/h1-8H,9H2,(H,16,17). The number of aliphatic carboxylic acids is 1. The van der Waals surface area contributed by atoms with Crippen LogP contribution in [0.4, 0.5) is 0 Å². The second kappa shape index (κ2) is 6.54. The van der Waals surface area contributed by atoms with E-state index in [1.165, 1.54) is 6.08 Å². The summed E-state index contributed by atoms with van der Waals surface area (Å²) in [5.41, 5.74) is 0.748. The van der Waals surface area contributed by atoms with Gasteiger partial charge < -0.3 is 9.84 Å². The number of hydrogen-bond acceptors (Lipinski definition) is 3. The van der Waals surface area contributed by atoms with Gasteiger partial charge in [-0.1, -0.05) is 18.2 Å². The molecule has 1 aromatic heterocycles. The maximum absolute atomic E-state index is 10.5. The van der Waals surface area contributed by atoms with Gasteiger partial charge in [0, 0.05) is 16.1 Å². The Morgan fingerprint density at radius 3 is 2.84 bits per heavy atom. The molecule has 0 amide bonds. The first-order valence-electron chi connectivity index (χ1n) is 5.51. The highest BCUT2D eigenvalue weighted by molar-refractivity contribution is 9.10. The van der Waals surface area contributed by atoms with Gasteiger partial charge in [-0.3, -0.25) is 0 Å². The average Bonchev–Trinajstić information content (AvgIpc) is 2.80. The fourth-order valence-electron chi connectivity index (χ4n) is 1.48. The second-order valence-electron chi connectivity index (χ2n) is 3.69. The highest BCUT2D eigenvalue weighted by Gasteiger charge is 2.04. The quantitative estimate of drug-likeness (QED) is 0.831. The largest absolute Gasteiger partial charge is 0.487 e. The number of ether oxygens (including phenoxy) is 1. The molecule has 0 atom stereocenters. The zero-order valence-corrected chi connectivity index (χ0v) is 12.3.